The molecule has 0 aromatic heterocycles. The van der Waals surface area contributed by atoms with E-state index in [4.69, 9.17) is 5.73 Å². The topological polar surface area (TPSA) is 46.3 Å². The van der Waals surface area contributed by atoms with Crippen molar-refractivity contribution in [1.29, 1.82) is 0 Å². The molecule has 1 aromatic rings. The highest BCUT2D eigenvalue weighted by molar-refractivity contribution is 5.82. The maximum Gasteiger partial charge on any atom is 0.240 e. The predicted molar refractivity (Wildman–Crippen MR) is 77.4 cm³/mol. The molecule has 1 amide bonds. The maximum absolute atomic E-state index is 13.8. The Hall–Kier alpha value is -1.42. The van der Waals surface area contributed by atoms with Gasteiger partial charge in [0.25, 0.3) is 0 Å². The summed E-state index contributed by atoms with van der Waals surface area (Å²) < 4.78 is 13.8. The lowest BCUT2D eigenvalue weighted by molar-refractivity contribution is -0.135. The maximum atomic E-state index is 13.8. The molecule has 3 nitrogen and oxygen atoms in total. The Bertz CT molecular complexity index is 473. The molecule has 0 aliphatic heterocycles. The number of halogens is 1. The molecule has 0 heterocycles. The normalized spacial score (nSPS) is 17.6. The Morgan fingerprint density at radius 3 is 2.65 bits per heavy atom. The first kappa shape index (κ1) is 15.0. The number of hydrogen-bond donors (Lipinski definition) is 1. The van der Waals surface area contributed by atoms with E-state index in [-0.39, 0.29) is 23.7 Å². The molecule has 2 N–H and O–H groups in total. The molecule has 1 aliphatic carbocycles. The third kappa shape index (κ3) is 3.37. The van der Waals surface area contributed by atoms with E-state index in [9.17, 15) is 9.18 Å². The Morgan fingerprint density at radius 2 is 2.10 bits per heavy atom. The van der Waals surface area contributed by atoms with Crippen LogP contribution >= 0.6 is 0 Å². The molecular weight excluding hydrogens is 255 g/mol. The number of benzene rings is 1. The molecule has 0 radical (unpaired) electrons. The SMILES string of the molecule is CCC(C)C(N)C(=O)N(Cc1ccccc1F)C1CC1. The summed E-state index contributed by atoms with van der Waals surface area (Å²) in [7, 11) is 0. The molecule has 2 unspecified atom stereocenters. The Balaban J connectivity index is 2.12. The van der Waals surface area contributed by atoms with Gasteiger partial charge in [-0.3, -0.25) is 4.79 Å². The van der Waals surface area contributed by atoms with Crippen LogP contribution < -0.4 is 5.73 Å². The fraction of sp³-hybridized carbons (Fsp3) is 0.562. The van der Waals surface area contributed by atoms with E-state index in [2.05, 4.69) is 0 Å². The molecule has 1 aromatic carbocycles. The number of carbonyl (C=O) groups is 1. The second-order valence-electron chi connectivity index (χ2n) is 5.70. The molecule has 20 heavy (non-hydrogen) atoms. The first-order valence-electron chi connectivity index (χ1n) is 7.34. The van der Waals surface area contributed by atoms with Gasteiger partial charge in [-0.1, -0.05) is 38.5 Å². The van der Waals surface area contributed by atoms with E-state index in [1.54, 1.807) is 23.1 Å². The van der Waals surface area contributed by atoms with Gasteiger partial charge in [-0.2, -0.15) is 0 Å². The molecule has 2 rings (SSSR count). The summed E-state index contributed by atoms with van der Waals surface area (Å²) >= 11 is 0. The van der Waals surface area contributed by atoms with E-state index in [0.717, 1.165) is 19.3 Å². The number of nitrogens with two attached hydrogens (primary N) is 1. The number of amides is 1. The first-order chi connectivity index (χ1) is 9.54. The van der Waals surface area contributed by atoms with Crippen LogP contribution in [0.5, 0.6) is 0 Å². The van der Waals surface area contributed by atoms with Crippen LogP contribution in [0.1, 0.15) is 38.7 Å². The van der Waals surface area contributed by atoms with E-state index >= 15 is 0 Å². The highest BCUT2D eigenvalue weighted by Gasteiger charge is 2.36. The molecule has 1 fully saturated rings. The van der Waals surface area contributed by atoms with Gasteiger partial charge in [-0.25, -0.2) is 4.39 Å². The van der Waals surface area contributed by atoms with E-state index in [1.807, 2.05) is 13.8 Å². The summed E-state index contributed by atoms with van der Waals surface area (Å²) in [6.45, 7) is 4.33. The molecule has 4 heteroatoms. The molecule has 1 saturated carbocycles. The monoisotopic (exact) mass is 278 g/mol. The van der Waals surface area contributed by atoms with Crippen LogP contribution in [-0.4, -0.2) is 22.9 Å². The first-order valence-corrected chi connectivity index (χ1v) is 7.34. The van der Waals surface area contributed by atoms with Gasteiger partial charge in [-0.15, -0.1) is 0 Å². The highest BCUT2D eigenvalue weighted by atomic mass is 19.1. The summed E-state index contributed by atoms with van der Waals surface area (Å²) in [4.78, 5) is 14.3. The average molecular weight is 278 g/mol. The van der Waals surface area contributed by atoms with Crippen LogP contribution in [-0.2, 0) is 11.3 Å². The van der Waals surface area contributed by atoms with Gasteiger partial charge in [0.1, 0.15) is 5.82 Å². The van der Waals surface area contributed by atoms with Crippen LogP contribution in [0.3, 0.4) is 0 Å². The zero-order valence-electron chi connectivity index (χ0n) is 12.2. The molecule has 0 saturated heterocycles. The number of carbonyl (C=O) groups excluding carboxylic acids is 1. The second kappa shape index (κ2) is 6.35. The third-order valence-corrected chi connectivity index (χ3v) is 4.11. The van der Waals surface area contributed by atoms with Crippen LogP contribution in [0.2, 0.25) is 0 Å². The molecule has 0 bridgehead atoms. The lowest BCUT2D eigenvalue weighted by Crippen LogP contribution is -2.47. The Kier molecular flexibility index (Phi) is 4.76. The van der Waals surface area contributed by atoms with Gasteiger partial charge in [0.2, 0.25) is 5.91 Å². The number of hydrogen-bond acceptors (Lipinski definition) is 2. The van der Waals surface area contributed by atoms with Crippen LogP contribution in [0.4, 0.5) is 4.39 Å². The van der Waals surface area contributed by atoms with Crippen molar-refractivity contribution in [2.24, 2.45) is 11.7 Å². The molecule has 0 spiro atoms. The van der Waals surface area contributed by atoms with Crippen molar-refractivity contribution < 1.29 is 9.18 Å². The van der Waals surface area contributed by atoms with Gasteiger partial charge >= 0.3 is 0 Å². The van der Waals surface area contributed by atoms with Crippen molar-refractivity contribution in [3.63, 3.8) is 0 Å². The van der Waals surface area contributed by atoms with Gasteiger partial charge in [0.05, 0.1) is 6.04 Å². The van der Waals surface area contributed by atoms with E-state index < -0.39 is 6.04 Å². The van der Waals surface area contributed by atoms with Gasteiger partial charge < -0.3 is 10.6 Å². The van der Waals surface area contributed by atoms with Crippen molar-refractivity contribution >= 4 is 5.91 Å². The van der Waals surface area contributed by atoms with Crippen LogP contribution in [0.15, 0.2) is 24.3 Å². The summed E-state index contributed by atoms with van der Waals surface area (Å²) in [5, 5.41) is 0. The zero-order valence-corrected chi connectivity index (χ0v) is 12.2. The van der Waals surface area contributed by atoms with Crippen LogP contribution in [0, 0.1) is 11.7 Å². The lowest BCUT2D eigenvalue weighted by atomic mass is 9.98. The van der Waals surface area contributed by atoms with Gasteiger partial charge in [0, 0.05) is 18.2 Å². The predicted octanol–water partition coefficient (Wildman–Crippen LogP) is 2.69. The molecule has 110 valence electrons. The minimum atomic E-state index is -0.493. The minimum absolute atomic E-state index is 0.0508. The fourth-order valence-corrected chi connectivity index (χ4v) is 2.27. The van der Waals surface area contributed by atoms with Crippen molar-refractivity contribution in [3.8, 4) is 0 Å². The number of rotatable bonds is 6. The summed E-state index contributed by atoms with van der Waals surface area (Å²) in [6.07, 6.45) is 2.85. The summed E-state index contributed by atoms with van der Waals surface area (Å²) in [5.74, 6) is -0.169. The van der Waals surface area contributed by atoms with E-state index in [1.165, 1.54) is 6.07 Å². The highest BCUT2D eigenvalue weighted by Crippen LogP contribution is 2.30. The van der Waals surface area contributed by atoms with Gasteiger partial charge in [-0.05, 0) is 24.8 Å². The Morgan fingerprint density at radius 1 is 1.45 bits per heavy atom. The van der Waals surface area contributed by atoms with Crippen molar-refractivity contribution in [2.75, 3.05) is 0 Å². The summed E-state index contributed by atoms with van der Waals surface area (Å²) in [6, 6.07) is 6.35. The fourth-order valence-electron chi connectivity index (χ4n) is 2.27. The zero-order chi connectivity index (χ0) is 14.7. The quantitative estimate of drug-likeness (QED) is 0.869. The van der Waals surface area contributed by atoms with E-state index in [0.29, 0.717) is 12.1 Å². The molecule has 2 atom stereocenters. The lowest BCUT2D eigenvalue weighted by Gasteiger charge is -2.28. The van der Waals surface area contributed by atoms with Crippen molar-refractivity contribution in [2.45, 2.75) is 51.7 Å². The van der Waals surface area contributed by atoms with Crippen molar-refractivity contribution in [3.05, 3.63) is 35.6 Å². The average Bonchev–Trinajstić information content (AvgIpc) is 3.28. The largest absolute Gasteiger partial charge is 0.334 e. The minimum Gasteiger partial charge on any atom is -0.334 e. The van der Waals surface area contributed by atoms with Crippen molar-refractivity contribution in [1.82, 2.24) is 4.90 Å². The second-order valence-corrected chi connectivity index (χ2v) is 5.70. The molecule has 1 aliphatic rings. The van der Waals surface area contributed by atoms with Crippen LogP contribution in [0.25, 0.3) is 0 Å². The third-order valence-electron chi connectivity index (χ3n) is 4.11. The van der Waals surface area contributed by atoms with Gasteiger partial charge in [0.15, 0.2) is 0 Å². The summed E-state index contributed by atoms with van der Waals surface area (Å²) in [5.41, 5.74) is 6.60. The molecular formula is C16H23FN2O. The standard InChI is InChI=1S/C16H23FN2O/c1-3-11(2)15(18)16(20)19(13-8-9-13)10-12-6-4-5-7-14(12)17/h4-7,11,13,15H,3,8-10,18H2,1-2H3. The Labute approximate surface area is 120 Å². The number of nitrogens with zero attached hydrogens (tertiary/aromatic N) is 1. The smallest absolute Gasteiger partial charge is 0.240 e.